The summed E-state index contributed by atoms with van der Waals surface area (Å²) in [4.78, 5) is 9.88. The molecule has 0 aliphatic heterocycles. The fourth-order valence-electron chi connectivity index (χ4n) is 0.275. The highest BCUT2D eigenvalue weighted by Crippen LogP contribution is 1.89. The summed E-state index contributed by atoms with van der Waals surface area (Å²) in [5.41, 5.74) is 0. The molecule has 0 bridgehead atoms. The number of rotatable bonds is 1. The molecule has 1 atom stereocenters. The maximum Gasteiger partial charge on any atom is 0.370 e. The van der Waals surface area contributed by atoms with E-state index in [2.05, 4.69) is 11.8 Å². The van der Waals surface area contributed by atoms with Gasteiger partial charge in [0.25, 0.3) is 0 Å². The van der Waals surface area contributed by atoms with Crippen LogP contribution in [0.3, 0.4) is 0 Å². The molecule has 0 aromatic heterocycles. The van der Waals surface area contributed by atoms with Gasteiger partial charge in [-0.1, -0.05) is 5.92 Å². The number of carbonyl (C=O) groups excluding carboxylic acids is 1. The highest BCUT2D eigenvalue weighted by Gasteiger charge is 2.07. The third-order valence-electron chi connectivity index (χ3n) is 0.714. The Bertz CT molecular complexity index is 138. The van der Waals surface area contributed by atoms with Crippen molar-refractivity contribution >= 4 is 5.97 Å². The van der Waals surface area contributed by atoms with Crippen LogP contribution < -0.4 is 0 Å². The van der Waals surface area contributed by atoms with Gasteiger partial charge in [0, 0.05) is 0 Å². The molecule has 0 rings (SSSR count). The molecule has 0 fully saturated rings. The number of hydrogen-bond acceptors (Lipinski definition) is 1. The van der Waals surface area contributed by atoms with Gasteiger partial charge in [-0.3, -0.25) is 0 Å². The molecule has 0 N–H and O–H groups in total. The van der Waals surface area contributed by atoms with Gasteiger partial charge in [-0.2, -0.15) is 0 Å². The van der Waals surface area contributed by atoms with Crippen molar-refractivity contribution in [1.82, 2.24) is 0 Å². The van der Waals surface area contributed by atoms with E-state index in [1.54, 1.807) is 6.92 Å². The van der Waals surface area contributed by atoms with Crippen molar-refractivity contribution in [3.05, 3.63) is 0 Å². The molecule has 0 aliphatic rings. The number of hydrogen-bond donors (Lipinski definition) is 0. The van der Waals surface area contributed by atoms with Crippen molar-refractivity contribution in [2.45, 2.75) is 13.8 Å². The fraction of sp³-hybridized carbons (Fsp3) is 0.500. The highest BCUT2D eigenvalue weighted by atomic mass is 16.4. The summed E-state index contributed by atoms with van der Waals surface area (Å²) in [6, 6.07) is 0. The van der Waals surface area contributed by atoms with Gasteiger partial charge in [0.05, 0.1) is 0 Å². The Morgan fingerprint density at radius 2 is 2.12 bits per heavy atom. The third kappa shape index (κ3) is 2.25. The molecule has 0 aromatic rings. The van der Waals surface area contributed by atoms with E-state index in [1.165, 1.54) is 6.92 Å². The minimum absolute atomic E-state index is 0.639. The molecule has 0 heterocycles. The average molecular weight is 111 g/mol. The molecule has 0 amide bonds. The lowest BCUT2D eigenvalue weighted by molar-refractivity contribution is -0.145. The summed E-state index contributed by atoms with van der Waals surface area (Å²) in [5, 5.41) is 9.88. The Morgan fingerprint density at radius 1 is 1.62 bits per heavy atom. The summed E-state index contributed by atoms with van der Waals surface area (Å²) < 4.78 is 0. The van der Waals surface area contributed by atoms with Gasteiger partial charge < -0.3 is 0 Å². The lowest BCUT2D eigenvalue weighted by Crippen LogP contribution is -2.04. The molecule has 1 radical (unpaired) electrons. The molecule has 0 aromatic carbocycles. The normalized spacial score (nSPS) is 11.2. The van der Waals surface area contributed by atoms with Crippen LogP contribution in [0.1, 0.15) is 13.8 Å². The minimum Gasteiger partial charge on any atom is -0.246 e. The van der Waals surface area contributed by atoms with Gasteiger partial charge in [0.15, 0.2) is 0 Å². The summed E-state index contributed by atoms with van der Waals surface area (Å²) in [5.74, 6) is 3.16. The van der Waals surface area contributed by atoms with Crippen LogP contribution in [0.15, 0.2) is 0 Å². The summed E-state index contributed by atoms with van der Waals surface area (Å²) in [6.07, 6.45) is 0. The van der Waals surface area contributed by atoms with E-state index in [-0.39, 0.29) is 0 Å². The second-order valence-corrected chi connectivity index (χ2v) is 1.44. The molecule has 8 heavy (non-hydrogen) atoms. The number of carbonyl (C=O) groups is 1. The molecular formula is C6H7O2. The SMILES string of the molecule is CC#CC(C)C([O])=O. The predicted octanol–water partition coefficient (Wildman–Crippen LogP) is 0.603. The van der Waals surface area contributed by atoms with Crippen LogP contribution in [0.4, 0.5) is 0 Å². The molecule has 0 saturated heterocycles. The molecule has 0 aliphatic carbocycles. The zero-order valence-electron chi connectivity index (χ0n) is 4.89. The van der Waals surface area contributed by atoms with Crippen LogP contribution in [0.25, 0.3) is 0 Å². The van der Waals surface area contributed by atoms with Crippen molar-refractivity contribution in [2.75, 3.05) is 0 Å². The standard InChI is InChI=1S/C6H7O2/c1-3-4-5(2)6(7)8/h5H,1-2H3. The summed E-state index contributed by atoms with van der Waals surface area (Å²) >= 11 is 0. The molecule has 2 nitrogen and oxygen atoms in total. The van der Waals surface area contributed by atoms with E-state index in [0.717, 1.165) is 0 Å². The van der Waals surface area contributed by atoms with Crippen molar-refractivity contribution < 1.29 is 9.90 Å². The molecule has 0 spiro atoms. The van der Waals surface area contributed by atoms with Crippen molar-refractivity contribution in [3.63, 3.8) is 0 Å². The maximum absolute atomic E-state index is 9.88. The van der Waals surface area contributed by atoms with Gasteiger partial charge in [0.2, 0.25) is 0 Å². The smallest absolute Gasteiger partial charge is 0.246 e. The first kappa shape index (κ1) is 7.03. The van der Waals surface area contributed by atoms with E-state index in [1.807, 2.05) is 0 Å². The lowest BCUT2D eigenvalue weighted by Gasteiger charge is -1.86. The van der Waals surface area contributed by atoms with Gasteiger partial charge in [-0.05, 0) is 13.8 Å². The Morgan fingerprint density at radius 3 is 2.25 bits per heavy atom. The maximum atomic E-state index is 9.88. The second kappa shape index (κ2) is 3.09. The van der Waals surface area contributed by atoms with Crippen LogP contribution in [0, 0.1) is 17.8 Å². The van der Waals surface area contributed by atoms with E-state index in [9.17, 15) is 9.90 Å². The monoisotopic (exact) mass is 111 g/mol. The van der Waals surface area contributed by atoms with E-state index >= 15 is 0 Å². The minimum atomic E-state index is -1.11. The van der Waals surface area contributed by atoms with Crippen LogP contribution in [0.5, 0.6) is 0 Å². The van der Waals surface area contributed by atoms with E-state index in [4.69, 9.17) is 0 Å². The predicted molar refractivity (Wildman–Crippen MR) is 28.3 cm³/mol. The van der Waals surface area contributed by atoms with Crippen LogP contribution in [-0.4, -0.2) is 5.97 Å². The Labute approximate surface area is 48.5 Å². The van der Waals surface area contributed by atoms with Gasteiger partial charge in [-0.25, -0.2) is 9.90 Å². The summed E-state index contributed by atoms with van der Waals surface area (Å²) in [6.45, 7) is 3.09. The summed E-state index contributed by atoms with van der Waals surface area (Å²) in [7, 11) is 0. The molecular weight excluding hydrogens is 104 g/mol. The average Bonchev–Trinajstić information content (AvgIpc) is 1.67. The first-order chi connectivity index (χ1) is 3.68. The first-order valence-electron chi connectivity index (χ1n) is 2.31. The van der Waals surface area contributed by atoms with Crippen LogP contribution in [0.2, 0.25) is 0 Å². The Hall–Kier alpha value is -0.970. The third-order valence-corrected chi connectivity index (χ3v) is 0.714. The van der Waals surface area contributed by atoms with E-state index < -0.39 is 11.9 Å². The quantitative estimate of drug-likeness (QED) is 0.456. The zero-order valence-corrected chi connectivity index (χ0v) is 4.89. The van der Waals surface area contributed by atoms with Gasteiger partial charge in [-0.15, -0.1) is 5.92 Å². The second-order valence-electron chi connectivity index (χ2n) is 1.44. The highest BCUT2D eigenvalue weighted by molar-refractivity contribution is 5.72. The topological polar surface area (TPSA) is 37.0 Å². The van der Waals surface area contributed by atoms with Crippen LogP contribution in [-0.2, 0) is 9.90 Å². The largest absolute Gasteiger partial charge is 0.370 e. The van der Waals surface area contributed by atoms with E-state index in [0.29, 0.717) is 0 Å². The van der Waals surface area contributed by atoms with Crippen LogP contribution >= 0.6 is 0 Å². The van der Waals surface area contributed by atoms with Gasteiger partial charge in [0.1, 0.15) is 5.92 Å². The molecule has 43 valence electrons. The zero-order chi connectivity index (χ0) is 6.57. The molecule has 2 heteroatoms. The Kier molecular flexibility index (Phi) is 2.71. The van der Waals surface area contributed by atoms with Gasteiger partial charge >= 0.3 is 5.97 Å². The van der Waals surface area contributed by atoms with Crippen molar-refractivity contribution in [3.8, 4) is 11.8 Å². The molecule has 1 unspecified atom stereocenters. The first-order valence-corrected chi connectivity index (χ1v) is 2.31. The van der Waals surface area contributed by atoms with Crippen molar-refractivity contribution in [1.29, 1.82) is 0 Å². The Balaban J connectivity index is 3.77. The fourth-order valence-corrected chi connectivity index (χ4v) is 0.275. The van der Waals surface area contributed by atoms with Crippen molar-refractivity contribution in [2.24, 2.45) is 5.92 Å². The lowest BCUT2D eigenvalue weighted by atomic mass is 10.2. The molecule has 0 saturated carbocycles.